The van der Waals surface area contributed by atoms with Crippen LogP contribution in [0.25, 0.3) is 22.8 Å². The summed E-state index contributed by atoms with van der Waals surface area (Å²) >= 11 is 0. The minimum Gasteiger partial charge on any atom is -0.507 e. The van der Waals surface area contributed by atoms with Gasteiger partial charge in [0.1, 0.15) is 17.6 Å². The van der Waals surface area contributed by atoms with Gasteiger partial charge in [0.15, 0.2) is 0 Å². The lowest BCUT2D eigenvalue weighted by atomic mass is 10.0. The van der Waals surface area contributed by atoms with Crippen LogP contribution in [0.15, 0.2) is 40.9 Å². The zero-order valence-corrected chi connectivity index (χ0v) is 17.8. The molecule has 0 aliphatic heterocycles. The number of carbonyl (C=O) groups is 1. The fourth-order valence-electron chi connectivity index (χ4n) is 3.70. The molecule has 1 atom stereocenters. The summed E-state index contributed by atoms with van der Waals surface area (Å²) in [7, 11) is -2.41. The third-order valence-corrected chi connectivity index (χ3v) is 6.51. The smallest absolute Gasteiger partial charge is 0.258 e. The minimum absolute atomic E-state index is 0.0923. The van der Waals surface area contributed by atoms with Crippen LogP contribution in [0.4, 0.5) is 0 Å². The van der Waals surface area contributed by atoms with Crippen LogP contribution in [0, 0.1) is 11.3 Å². The quantitative estimate of drug-likeness (QED) is 0.508. The van der Waals surface area contributed by atoms with E-state index < -0.39 is 27.7 Å². The van der Waals surface area contributed by atoms with Crippen LogP contribution in [-0.4, -0.2) is 42.4 Å². The van der Waals surface area contributed by atoms with Crippen LogP contribution in [0.5, 0.6) is 5.75 Å². The highest BCUT2D eigenvalue weighted by atomic mass is 32.2. The van der Waals surface area contributed by atoms with Crippen molar-refractivity contribution in [2.75, 3.05) is 12.8 Å². The molecule has 164 valence electrons. The molecule has 0 spiro atoms. The SMILES string of the molecule is CNC(=O)CS(=O)(=O)N[C@@H]1CCc2c(-c3noc(-c4ccc(O)c(C#N)c4)n3)cccc21. The summed E-state index contributed by atoms with van der Waals surface area (Å²) in [5.74, 6) is -0.841. The van der Waals surface area contributed by atoms with Crippen LogP contribution >= 0.6 is 0 Å². The topological polar surface area (TPSA) is 158 Å². The number of carbonyl (C=O) groups excluding carboxylic acids is 1. The number of nitrogens with one attached hydrogen (secondary N) is 2. The van der Waals surface area contributed by atoms with E-state index in [4.69, 9.17) is 9.78 Å². The van der Waals surface area contributed by atoms with Crippen LogP contribution in [-0.2, 0) is 21.2 Å². The van der Waals surface area contributed by atoms with E-state index in [-0.39, 0.29) is 17.2 Å². The highest BCUT2D eigenvalue weighted by molar-refractivity contribution is 7.90. The van der Waals surface area contributed by atoms with Gasteiger partial charge in [-0.15, -0.1) is 0 Å². The first-order chi connectivity index (χ1) is 15.3. The number of fused-ring (bicyclic) bond motifs is 1. The second-order valence-corrected chi connectivity index (χ2v) is 9.04. The number of hydrogen-bond donors (Lipinski definition) is 3. The van der Waals surface area contributed by atoms with Crippen molar-refractivity contribution in [3.8, 4) is 34.7 Å². The van der Waals surface area contributed by atoms with Gasteiger partial charge in [-0.25, -0.2) is 13.1 Å². The van der Waals surface area contributed by atoms with Gasteiger partial charge in [-0.1, -0.05) is 23.4 Å². The maximum atomic E-state index is 12.3. The molecule has 0 radical (unpaired) electrons. The summed E-state index contributed by atoms with van der Waals surface area (Å²) in [6, 6.07) is 11.3. The van der Waals surface area contributed by atoms with Crippen molar-refractivity contribution in [1.29, 1.82) is 5.26 Å². The fourth-order valence-corrected chi connectivity index (χ4v) is 4.95. The van der Waals surface area contributed by atoms with Gasteiger partial charge in [0.25, 0.3) is 5.89 Å². The number of sulfonamides is 1. The second-order valence-electron chi connectivity index (χ2n) is 7.28. The van der Waals surface area contributed by atoms with Gasteiger partial charge in [-0.2, -0.15) is 10.2 Å². The Morgan fingerprint density at radius 3 is 2.91 bits per heavy atom. The normalized spacial score (nSPS) is 15.2. The van der Waals surface area contributed by atoms with E-state index in [1.54, 1.807) is 12.1 Å². The first-order valence-electron chi connectivity index (χ1n) is 9.71. The number of amides is 1. The third-order valence-electron chi connectivity index (χ3n) is 5.22. The van der Waals surface area contributed by atoms with Gasteiger partial charge in [0.05, 0.1) is 5.56 Å². The molecule has 0 saturated carbocycles. The standard InChI is InChI=1S/C21H19N5O5S/c1-23-19(28)11-32(29,30)26-17-7-6-14-15(17)3-2-4-16(14)20-24-21(31-25-20)12-5-8-18(27)13(9-12)10-22/h2-5,8-9,17,26-27H,6-7,11H2,1H3,(H,23,28)/t17-/m1/s1. The second kappa shape index (κ2) is 8.41. The van der Waals surface area contributed by atoms with Crippen molar-refractivity contribution in [1.82, 2.24) is 20.2 Å². The number of hydrogen-bond acceptors (Lipinski definition) is 8. The molecule has 2 aromatic carbocycles. The highest BCUT2D eigenvalue weighted by Crippen LogP contribution is 2.38. The molecule has 1 aliphatic carbocycles. The van der Waals surface area contributed by atoms with Crippen molar-refractivity contribution in [2.45, 2.75) is 18.9 Å². The lowest BCUT2D eigenvalue weighted by molar-refractivity contribution is -0.118. The molecule has 10 nitrogen and oxygen atoms in total. The third kappa shape index (κ3) is 4.18. The zero-order chi connectivity index (χ0) is 22.9. The molecule has 32 heavy (non-hydrogen) atoms. The summed E-state index contributed by atoms with van der Waals surface area (Å²) in [5.41, 5.74) is 2.99. The molecule has 3 aromatic rings. The van der Waals surface area contributed by atoms with Crippen molar-refractivity contribution in [3.05, 3.63) is 53.1 Å². The summed E-state index contributed by atoms with van der Waals surface area (Å²) < 4.78 is 32.6. The first-order valence-corrected chi connectivity index (χ1v) is 11.4. The Labute approximate surface area is 183 Å². The molecule has 4 rings (SSSR count). The first kappa shape index (κ1) is 21.5. The lowest BCUT2D eigenvalue weighted by Gasteiger charge is -2.14. The number of aromatic hydroxyl groups is 1. The number of aromatic nitrogens is 2. The van der Waals surface area contributed by atoms with E-state index in [0.717, 1.165) is 11.1 Å². The number of rotatable bonds is 6. The zero-order valence-electron chi connectivity index (χ0n) is 17.0. The van der Waals surface area contributed by atoms with Crippen molar-refractivity contribution in [2.24, 2.45) is 0 Å². The van der Waals surface area contributed by atoms with Crippen molar-refractivity contribution >= 4 is 15.9 Å². The molecular weight excluding hydrogens is 434 g/mol. The Morgan fingerprint density at radius 1 is 1.34 bits per heavy atom. The number of phenols is 1. The molecule has 0 saturated heterocycles. The Bertz CT molecular complexity index is 1340. The Morgan fingerprint density at radius 2 is 2.16 bits per heavy atom. The molecule has 0 fully saturated rings. The van der Waals surface area contributed by atoms with E-state index in [1.165, 1.54) is 19.2 Å². The van der Waals surface area contributed by atoms with Gasteiger partial charge in [-0.3, -0.25) is 4.79 Å². The minimum atomic E-state index is -3.80. The van der Waals surface area contributed by atoms with E-state index >= 15 is 0 Å². The predicted octanol–water partition coefficient (Wildman–Crippen LogP) is 1.63. The maximum Gasteiger partial charge on any atom is 0.258 e. The number of phenolic OH excluding ortho intramolecular Hbond substituents is 1. The lowest BCUT2D eigenvalue weighted by Crippen LogP contribution is -2.36. The molecule has 3 N–H and O–H groups in total. The average molecular weight is 453 g/mol. The van der Waals surface area contributed by atoms with Gasteiger partial charge < -0.3 is 14.9 Å². The molecule has 0 bridgehead atoms. The van der Waals surface area contributed by atoms with E-state index in [2.05, 4.69) is 20.2 Å². The van der Waals surface area contributed by atoms with Gasteiger partial charge >= 0.3 is 0 Å². The summed E-state index contributed by atoms with van der Waals surface area (Å²) in [4.78, 5) is 15.9. The van der Waals surface area contributed by atoms with Gasteiger partial charge in [0.2, 0.25) is 21.8 Å². The van der Waals surface area contributed by atoms with Crippen LogP contribution < -0.4 is 10.0 Å². The van der Waals surface area contributed by atoms with Crippen LogP contribution in [0.3, 0.4) is 0 Å². The molecule has 1 aliphatic rings. The largest absolute Gasteiger partial charge is 0.507 e. The molecule has 1 amide bonds. The Balaban J connectivity index is 1.62. The van der Waals surface area contributed by atoms with Crippen LogP contribution in [0.1, 0.15) is 29.2 Å². The number of benzene rings is 2. The molecular formula is C21H19N5O5S. The summed E-state index contributed by atoms with van der Waals surface area (Å²) in [5, 5.41) is 25.1. The van der Waals surface area contributed by atoms with E-state index in [9.17, 15) is 18.3 Å². The van der Waals surface area contributed by atoms with E-state index in [1.807, 2.05) is 18.2 Å². The number of nitrogens with zero attached hydrogens (tertiary/aromatic N) is 3. The average Bonchev–Trinajstić information content (AvgIpc) is 3.41. The summed E-state index contributed by atoms with van der Waals surface area (Å²) in [6.07, 6.45) is 1.13. The molecule has 0 unspecified atom stereocenters. The van der Waals surface area contributed by atoms with Crippen molar-refractivity contribution in [3.63, 3.8) is 0 Å². The van der Waals surface area contributed by atoms with Crippen molar-refractivity contribution < 1.29 is 22.8 Å². The Kier molecular flexibility index (Phi) is 5.65. The predicted molar refractivity (Wildman–Crippen MR) is 114 cm³/mol. The van der Waals surface area contributed by atoms with E-state index in [0.29, 0.717) is 29.8 Å². The number of nitriles is 1. The Hall–Kier alpha value is -3.75. The summed E-state index contributed by atoms with van der Waals surface area (Å²) in [6.45, 7) is 0. The maximum absolute atomic E-state index is 12.3. The van der Waals surface area contributed by atoms with Crippen LogP contribution in [0.2, 0.25) is 0 Å². The molecule has 1 heterocycles. The molecule has 11 heteroatoms. The monoisotopic (exact) mass is 453 g/mol. The highest BCUT2D eigenvalue weighted by Gasteiger charge is 2.30. The van der Waals surface area contributed by atoms with Gasteiger partial charge in [0, 0.05) is 24.2 Å². The fraction of sp³-hybridized carbons (Fsp3) is 0.238. The van der Waals surface area contributed by atoms with Gasteiger partial charge in [-0.05, 0) is 42.2 Å². The molecule has 1 aromatic heterocycles.